The molecule has 22 heavy (non-hydrogen) atoms. The lowest BCUT2D eigenvalue weighted by Crippen LogP contribution is -2.34. The smallest absolute Gasteiger partial charge is 0.337 e. The van der Waals surface area contributed by atoms with Crippen LogP contribution in [0.3, 0.4) is 0 Å². The highest BCUT2D eigenvalue weighted by Gasteiger charge is 2.35. The van der Waals surface area contributed by atoms with Crippen molar-refractivity contribution in [3.05, 3.63) is 34.3 Å². The molecule has 1 aliphatic heterocycles. The highest BCUT2D eigenvalue weighted by molar-refractivity contribution is 7.09. The lowest BCUT2D eigenvalue weighted by Gasteiger charge is -2.31. The van der Waals surface area contributed by atoms with Gasteiger partial charge in [0.1, 0.15) is 5.82 Å². The lowest BCUT2D eigenvalue weighted by molar-refractivity contribution is -0.140. The van der Waals surface area contributed by atoms with Gasteiger partial charge in [-0.05, 0) is 19.4 Å². The molecule has 120 valence electrons. The summed E-state index contributed by atoms with van der Waals surface area (Å²) in [6.45, 7) is 2.40. The molecule has 0 amide bonds. The Morgan fingerprint density at radius 3 is 2.86 bits per heavy atom. The number of piperidine rings is 1. The number of thiazole rings is 1. The molecule has 0 aromatic carbocycles. The van der Waals surface area contributed by atoms with Gasteiger partial charge in [0.15, 0.2) is 5.69 Å². The van der Waals surface area contributed by atoms with Crippen LogP contribution in [0.25, 0.3) is 0 Å². The van der Waals surface area contributed by atoms with Crippen LogP contribution in [-0.4, -0.2) is 32.5 Å². The summed E-state index contributed by atoms with van der Waals surface area (Å²) in [6.07, 6.45) is 1.16. The zero-order chi connectivity index (χ0) is 15.7. The van der Waals surface area contributed by atoms with Gasteiger partial charge in [-0.1, -0.05) is 0 Å². The Kier molecular flexibility index (Phi) is 4.22. The van der Waals surface area contributed by atoms with E-state index < -0.39 is 11.9 Å². The van der Waals surface area contributed by atoms with E-state index in [1.165, 1.54) is 0 Å². The summed E-state index contributed by atoms with van der Waals surface area (Å²) in [5.74, 6) is 1.05. The van der Waals surface area contributed by atoms with Crippen LogP contribution < -0.4 is 0 Å². The molecule has 3 rings (SSSR count). The third-order valence-electron chi connectivity index (χ3n) is 3.95. The van der Waals surface area contributed by atoms with Crippen molar-refractivity contribution in [2.45, 2.75) is 31.5 Å². The van der Waals surface area contributed by atoms with Crippen molar-refractivity contribution in [1.82, 2.24) is 19.4 Å². The highest BCUT2D eigenvalue weighted by atomic mass is 32.1. The van der Waals surface area contributed by atoms with E-state index in [4.69, 9.17) is 0 Å². The van der Waals surface area contributed by atoms with Crippen molar-refractivity contribution >= 4 is 11.3 Å². The first kappa shape index (κ1) is 15.5. The summed E-state index contributed by atoms with van der Waals surface area (Å²) in [5.41, 5.74) is -0.770. The average molecular weight is 330 g/mol. The first-order valence-corrected chi connectivity index (χ1v) is 8.02. The van der Waals surface area contributed by atoms with Gasteiger partial charge in [-0.2, -0.15) is 13.2 Å². The minimum absolute atomic E-state index is 0.0788. The molecule has 1 fully saturated rings. The fourth-order valence-corrected chi connectivity index (χ4v) is 3.71. The summed E-state index contributed by atoms with van der Waals surface area (Å²) in [6, 6.07) is 0. The molecule has 0 radical (unpaired) electrons. The number of alkyl halides is 3. The number of likely N-dealkylation sites (tertiary alicyclic amines) is 1. The van der Waals surface area contributed by atoms with E-state index in [0.29, 0.717) is 5.01 Å². The van der Waals surface area contributed by atoms with Gasteiger partial charge in [-0.15, -0.1) is 11.3 Å². The Morgan fingerprint density at radius 2 is 2.23 bits per heavy atom. The number of imidazole rings is 1. The standard InChI is InChI=1S/C14H17F3N4S/c1-20-6-4-18-12(20)8-21-5-2-3-10(7-21)13-19-11(9-22-13)14(15,16)17/h4,6,9-10H,2-3,5,7-8H2,1H3/t10-/m0/s1. The normalized spacial score (nSPS) is 20.5. The van der Waals surface area contributed by atoms with Crippen molar-refractivity contribution in [2.75, 3.05) is 13.1 Å². The Morgan fingerprint density at radius 1 is 1.41 bits per heavy atom. The summed E-state index contributed by atoms with van der Waals surface area (Å²) in [7, 11) is 1.94. The number of rotatable bonds is 3. The van der Waals surface area contributed by atoms with E-state index in [-0.39, 0.29) is 5.92 Å². The molecule has 4 nitrogen and oxygen atoms in total. The van der Waals surface area contributed by atoms with E-state index in [0.717, 1.165) is 55.0 Å². The Balaban J connectivity index is 1.68. The molecule has 2 aromatic rings. The maximum absolute atomic E-state index is 12.7. The molecule has 0 spiro atoms. The average Bonchev–Trinajstić information content (AvgIpc) is 3.09. The van der Waals surface area contributed by atoms with E-state index >= 15 is 0 Å². The van der Waals surface area contributed by atoms with Gasteiger partial charge in [0.2, 0.25) is 0 Å². The first-order valence-electron chi connectivity index (χ1n) is 7.14. The van der Waals surface area contributed by atoms with Crippen LogP contribution in [0.15, 0.2) is 17.8 Å². The van der Waals surface area contributed by atoms with Crippen LogP contribution in [0.4, 0.5) is 13.2 Å². The van der Waals surface area contributed by atoms with Crippen LogP contribution in [-0.2, 0) is 19.8 Å². The van der Waals surface area contributed by atoms with Crippen LogP contribution in [0.1, 0.15) is 35.3 Å². The quantitative estimate of drug-likeness (QED) is 0.866. The fourth-order valence-electron chi connectivity index (χ4n) is 2.75. The second-order valence-electron chi connectivity index (χ2n) is 5.60. The molecule has 2 aromatic heterocycles. The molecular formula is C14H17F3N4S. The minimum atomic E-state index is -4.35. The topological polar surface area (TPSA) is 34.0 Å². The second-order valence-corrected chi connectivity index (χ2v) is 6.49. The number of halogens is 3. The predicted octanol–water partition coefficient (Wildman–Crippen LogP) is 3.28. The summed E-state index contributed by atoms with van der Waals surface area (Å²) < 4.78 is 40.0. The van der Waals surface area contributed by atoms with Crippen molar-refractivity contribution in [1.29, 1.82) is 0 Å². The van der Waals surface area contributed by atoms with Crippen LogP contribution in [0, 0.1) is 0 Å². The van der Waals surface area contributed by atoms with Crippen molar-refractivity contribution in [3.8, 4) is 0 Å². The zero-order valence-electron chi connectivity index (χ0n) is 12.2. The zero-order valence-corrected chi connectivity index (χ0v) is 13.0. The first-order chi connectivity index (χ1) is 10.4. The molecule has 0 N–H and O–H groups in total. The minimum Gasteiger partial charge on any atom is -0.337 e. The number of hydrogen-bond donors (Lipinski definition) is 0. The Labute approximate surface area is 130 Å². The van der Waals surface area contributed by atoms with Gasteiger partial charge in [0, 0.05) is 37.3 Å². The van der Waals surface area contributed by atoms with E-state index in [9.17, 15) is 13.2 Å². The molecule has 0 unspecified atom stereocenters. The molecule has 8 heteroatoms. The van der Waals surface area contributed by atoms with Crippen LogP contribution in [0.5, 0.6) is 0 Å². The van der Waals surface area contributed by atoms with Gasteiger partial charge in [0.25, 0.3) is 0 Å². The number of aromatic nitrogens is 3. The van der Waals surface area contributed by atoms with Crippen molar-refractivity contribution in [3.63, 3.8) is 0 Å². The Bertz CT molecular complexity index is 634. The maximum atomic E-state index is 12.7. The molecule has 3 heterocycles. The van der Waals surface area contributed by atoms with Gasteiger partial charge < -0.3 is 4.57 Å². The van der Waals surface area contributed by atoms with Gasteiger partial charge in [-0.3, -0.25) is 4.90 Å². The van der Waals surface area contributed by atoms with Gasteiger partial charge in [-0.25, -0.2) is 9.97 Å². The molecule has 0 aliphatic carbocycles. The van der Waals surface area contributed by atoms with Gasteiger partial charge >= 0.3 is 6.18 Å². The molecule has 0 bridgehead atoms. The Hall–Kier alpha value is -1.41. The largest absolute Gasteiger partial charge is 0.434 e. The highest BCUT2D eigenvalue weighted by Crippen LogP contribution is 2.35. The van der Waals surface area contributed by atoms with Crippen molar-refractivity contribution in [2.24, 2.45) is 7.05 Å². The SMILES string of the molecule is Cn1ccnc1CN1CCC[C@H](c2nc(C(F)(F)F)cs2)C1. The second kappa shape index (κ2) is 6.00. The van der Waals surface area contributed by atoms with E-state index in [1.807, 2.05) is 17.8 Å². The molecule has 1 saturated heterocycles. The number of nitrogens with zero attached hydrogens (tertiary/aromatic N) is 4. The molecule has 1 atom stereocenters. The van der Waals surface area contributed by atoms with E-state index in [1.54, 1.807) is 6.20 Å². The maximum Gasteiger partial charge on any atom is 0.434 e. The van der Waals surface area contributed by atoms with Crippen LogP contribution >= 0.6 is 11.3 Å². The summed E-state index contributed by atoms with van der Waals surface area (Å²) in [5, 5.41) is 1.71. The van der Waals surface area contributed by atoms with Crippen LogP contribution in [0.2, 0.25) is 0 Å². The third kappa shape index (κ3) is 3.33. The fraction of sp³-hybridized carbons (Fsp3) is 0.571. The number of hydrogen-bond acceptors (Lipinski definition) is 4. The van der Waals surface area contributed by atoms with Crippen molar-refractivity contribution < 1.29 is 13.2 Å². The summed E-state index contributed by atoms with van der Waals surface area (Å²) in [4.78, 5) is 10.3. The van der Waals surface area contributed by atoms with E-state index in [2.05, 4.69) is 14.9 Å². The third-order valence-corrected chi connectivity index (χ3v) is 4.96. The molecule has 0 saturated carbocycles. The number of aryl methyl sites for hydroxylation is 1. The molecule has 1 aliphatic rings. The summed E-state index contributed by atoms with van der Waals surface area (Å²) >= 11 is 1.12. The predicted molar refractivity (Wildman–Crippen MR) is 77.6 cm³/mol. The lowest BCUT2D eigenvalue weighted by atomic mass is 9.99. The van der Waals surface area contributed by atoms with Gasteiger partial charge in [0.05, 0.1) is 11.6 Å². The molecular weight excluding hydrogens is 313 g/mol. The monoisotopic (exact) mass is 330 g/mol.